The number of hydrogen-bond acceptors (Lipinski definition) is 3. The van der Waals surface area contributed by atoms with Crippen LogP contribution in [-0.2, 0) is 4.79 Å². The summed E-state index contributed by atoms with van der Waals surface area (Å²) < 4.78 is 0. The Morgan fingerprint density at radius 1 is 1.35 bits per heavy atom. The number of piperidine rings is 1. The van der Waals surface area contributed by atoms with Crippen molar-refractivity contribution in [1.29, 1.82) is 0 Å². The second-order valence-electron chi connectivity index (χ2n) is 5.46. The molecule has 0 atom stereocenters. The van der Waals surface area contributed by atoms with Crippen LogP contribution in [0.2, 0.25) is 0 Å². The molecule has 1 aliphatic rings. The Bertz CT molecular complexity index is 223. The lowest BCUT2D eigenvalue weighted by atomic mass is 9.93. The molecule has 1 N–H and O–H groups in total. The van der Waals surface area contributed by atoms with Crippen molar-refractivity contribution in [2.45, 2.75) is 25.7 Å². The summed E-state index contributed by atoms with van der Waals surface area (Å²) >= 11 is 0. The minimum atomic E-state index is 0.235. The third-order valence-electron chi connectivity index (χ3n) is 3.42. The van der Waals surface area contributed by atoms with E-state index in [9.17, 15) is 4.79 Å². The van der Waals surface area contributed by atoms with Gasteiger partial charge >= 0.3 is 0 Å². The van der Waals surface area contributed by atoms with Crippen molar-refractivity contribution in [3.8, 4) is 0 Å². The van der Waals surface area contributed by atoms with Crippen LogP contribution in [0.15, 0.2) is 0 Å². The molecule has 1 fully saturated rings. The SMILES string of the molecule is CN(C)CCCNC(=O)CC1CCN(C)CC1. The molecular weight excluding hydrogens is 214 g/mol. The van der Waals surface area contributed by atoms with Crippen LogP contribution in [0.25, 0.3) is 0 Å². The van der Waals surface area contributed by atoms with Gasteiger partial charge in [0.15, 0.2) is 0 Å². The van der Waals surface area contributed by atoms with Gasteiger partial charge in [-0.2, -0.15) is 0 Å². The second kappa shape index (κ2) is 7.67. The van der Waals surface area contributed by atoms with Gasteiger partial charge in [-0.1, -0.05) is 0 Å². The van der Waals surface area contributed by atoms with Crippen molar-refractivity contribution < 1.29 is 4.79 Å². The Hall–Kier alpha value is -0.610. The normalized spacial score (nSPS) is 18.6. The van der Waals surface area contributed by atoms with E-state index in [0.29, 0.717) is 5.92 Å². The molecule has 0 aromatic carbocycles. The fourth-order valence-corrected chi connectivity index (χ4v) is 2.22. The van der Waals surface area contributed by atoms with Gasteiger partial charge in [-0.3, -0.25) is 4.79 Å². The maximum atomic E-state index is 11.7. The van der Waals surface area contributed by atoms with Crippen molar-refractivity contribution in [1.82, 2.24) is 15.1 Å². The lowest BCUT2D eigenvalue weighted by molar-refractivity contribution is -0.122. The molecular formula is C13H27N3O. The molecule has 0 aliphatic carbocycles. The molecule has 0 unspecified atom stereocenters. The van der Waals surface area contributed by atoms with Crippen molar-refractivity contribution >= 4 is 5.91 Å². The Morgan fingerprint density at radius 2 is 2.00 bits per heavy atom. The van der Waals surface area contributed by atoms with E-state index in [4.69, 9.17) is 0 Å². The van der Waals surface area contributed by atoms with Gasteiger partial charge in [0.25, 0.3) is 0 Å². The fourth-order valence-electron chi connectivity index (χ4n) is 2.22. The van der Waals surface area contributed by atoms with Crippen molar-refractivity contribution in [3.63, 3.8) is 0 Å². The average molecular weight is 241 g/mol. The largest absolute Gasteiger partial charge is 0.356 e. The van der Waals surface area contributed by atoms with Crippen LogP contribution in [0.5, 0.6) is 0 Å². The van der Waals surface area contributed by atoms with E-state index >= 15 is 0 Å². The summed E-state index contributed by atoms with van der Waals surface area (Å²) in [5.41, 5.74) is 0. The van der Waals surface area contributed by atoms with Crippen molar-refractivity contribution in [2.24, 2.45) is 5.92 Å². The smallest absolute Gasteiger partial charge is 0.220 e. The van der Waals surface area contributed by atoms with Gasteiger partial charge in [0.05, 0.1) is 0 Å². The summed E-state index contributed by atoms with van der Waals surface area (Å²) in [6.45, 7) is 4.12. The predicted molar refractivity (Wildman–Crippen MR) is 71.0 cm³/mol. The quantitative estimate of drug-likeness (QED) is 0.698. The molecule has 0 aromatic heterocycles. The van der Waals surface area contributed by atoms with Crippen LogP contribution in [0, 0.1) is 5.92 Å². The number of hydrogen-bond donors (Lipinski definition) is 1. The zero-order valence-electron chi connectivity index (χ0n) is 11.5. The number of likely N-dealkylation sites (tertiary alicyclic amines) is 1. The number of carbonyl (C=O) groups is 1. The van der Waals surface area contributed by atoms with E-state index in [1.165, 1.54) is 12.8 Å². The van der Waals surface area contributed by atoms with Crippen LogP contribution in [0.1, 0.15) is 25.7 Å². The number of amides is 1. The lowest BCUT2D eigenvalue weighted by Gasteiger charge is -2.28. The molecule has 0 radical (unpaired) electrons. The molecule has 1 heterocycles. The topological polar surface area (TPSA) is 35.6 Å². The van der Waals surface area contributed by atoms with E-state index in [1.54, 1.807) is 0 Å². The van der Waals surface area contributed by atoms with Gasteiger partial charge in [-0.15, -0.1) is 0 Å². The second-order valence-corrected chi connectivity index (χ2v) is 5.46. The minimum absolute atomic E-state index is 0.235. The molecule has 4 nitrogen and oxygen atoms in total. The molecule has 0 saturated carbocycles. The number of nitrogens with one attached hydrogen (secondary N) is 1. The summed E-state index contributed by atoms with van der Waals surface area (Å²) in [7, 11) is 6.26. The Morgan fingerprint density at radius 3 is 2.59 bits per heavy atom. The van der Waals surface area contributed by atoms with Gasteiger partial charge in [-0.05, 0) is 66.0 Å². The number of carbonyl (C=O) groups excluding carboxylic acids is 1. The average Bonchev–Trinajstić information content (AvgIpc) is 2.27. The van der Waals surface area contributed by atoms with E-state index in [2.05, 4.69) is 36.3 Å². The third-order valence-corrected chi connectivity index (χ3v) is 3.42. The maximum absolute atomic E-state index is 11.7. The first-order valence-electron chi connectivity index (χ1n) is 6.68. The zero-order chi connectivity index (χ0) is 12.7. The maximum Gasteiger partial charge on any atom is 0.220 e. The summed E-state index contributed by atoms with van der Waals surface area (Å²) in [5.74, 6) is 0.832. The molecule has 100 valence electrons. The highest BCUT2D eigenvalue weighted by atomic mass is 16.1. The summed E-state index contributed by atoms with van der Waals surface area (Å²) in [4.78, 5) is 16.2. The van der Waals surface area contributed by atoms with E-state index in [0.717, 1.165) is 39.0 Å². The zero-order valence-corrected chi connectivity index (χ0v) is 11.5. The summed E-state index contributed by atoms with van der Waals surface area (Å²) in [6.07, 6.45) is 4.09. The fraction of sp³-hybridized carbons (Fsp3) is 0.923. The van der Waals surface area contributed by atoms with Gasteiger partial charge < -0.3 is 15.1 Å². The van der Waals surface area contributed by atoms with E-state index in [-0.39, 0.29) is 5.91 Å². The Kier molecular flexibility index (Phi) is 6.52. The van der Waals surface area contributed by atoms with Gasteiger partial charge in [0.2, 0.25) is 5.91 Å². The molecule has 1 saturated heterocycles. The van der Waals surface area contributed by atoms with Crippen LogP contribution in [0.4, 0.5) is 0 Å². The molecule has 0 bridgehead atoms. The molecule has 0 spiro atoms. The molecule has 0 aromatic rings. The van der Waals surface area contributed by atoms with Crippen LogP contribution in [-0.4, -0.2) is 63.0 Å². The van der Waals surface area contributed by atoms with Crippen LogP contribution in [0.3, 0.4) is 0 Å². The van der Waals surface area contributed by atoms with Gasteiger partial charge in [-0.25, -0.2) is 0 Å². The monoisotopic (exact) mass is 241 g/mol. The van der Waals surface area contributed by atoms with Crippen LogP contribution >= 0.6 is 0 Å². The third kappa shape index (κ3) is 6.64. The molecule has 1 aliphatic heterocycles. The van der Waals surface area contributed by atoms with Gasteiger partial charge in [0, 0.05) is 13.0 Å². The predicted octanol–water partition coefficient (Wildman–Crippen LogP) is 0.786. The summed E-state index contributed by atoms with van der Waals surface area (Å²) in [6, 6.07) is 0. The molecule has 17 heavy (non-hydrogen) atoms. The molecule has 1 amide bonds. The van der Waals surface area contributed by atoms with Gasteiger partial charge in [0.1, 0.15) is 0 Å². The standard InChI is InChI=1S/C13H27N3O/c1-15(2)8-4-7-14-13(17)11-12-5-9-16(3)10-6-12/h12H,4-11H2,1-3H3,(H,14,17). The Balaban J connectivity index is 2.04. The van der Waals surface area contributed by atoms with Crippen molar-refractivity contribution in [3.05, 3.63) is 0 Å². The first-order valence-corrected chi connectivity index (χ1v) is 6.68. The number of nitrogens with zero attached hydrogens (tertiary/aromatic N) is 2. The van der Waals surface area contributed by atoms with Crippen LogP contribution < -0.4 is 5.32 Å². The highest BCUT2D eigenvalue weighted by Crippen LogP contribution is 2.18. The van der Waals surface area contributed by atoms with Crippen molar-refractivity contribution in [2.75, 3.05) is 47.3 Å². The molecule has 4 heteroatoms. The lowest BCUT2D eigenvalue weighted by Crippen LogP contribution is -2.34. The van der Waals surface area contributed by atoms with E-state index in [1.807, 2.05) is 0 Å². The first-order chi connectivity index (χ1) is 8.08. The minimum Gasteiger partial charge on any atom is -0.356 e. The first kappa shape index (κ1) is 14.5. The highest BCUT2D eigenvalue weighted by molar-refractivity contribution is 5.76. The highest BCUT2D eigenvalue weighted by Gasteiger charge is 2.19. The molecule has 1 rings (SSSR count). The summed E-state index contributed by atoms with van der Waals surface area (Å²) in [5, 5.41) is 3.02. The van der Waals surface area contributed by atoms with E-state index < -0.39 is 0 Å². The number of rotatable bonds is 6. The Labute approximate surface area is 105 Å².